The van der Waals surface area contributed by atoms with E-state index >= 15 is 0 Å². The van der Waals surface area contributed by atoms with Crippen molar-refractivity contribution >= 4 is 46.0 Å². The number of hydrogen-bond acceptors (Lipinski definition) is 4. The van der Waals surface area contributed by atoms with Crippen molar-refractivity contribution in [3.63, 3.8) is 0 Å². The SMILES string of the molecule is CC(C)c1nc(C2CSc3ccccc3O2)nc(Cl)c1I. The molecule has 2 heterocycles. The van der Waals surface area contributed by atoms with Crippen molar-refractivity contribution in [1.82, 2.24) is 9.97 Å². The number of fused-ring (bicyclic) bond motifs is 1. The van der Waals surface area contributed by atoms with Crippen LogP contribution < -0.4 is 4.74 Å². The third-order valence-electron chi connectivity index (χ3n) is 3.20. The maximum atomic E-state index is 6.26. The first-order valence-electron chi connectivity index (χ1n) is 6.67. The summed E-state index contributed by atoms with van der Waals surface area (Å²) in [7, 11) is 0. The first-order valence-corrected chi connectivity index (χ1v) is 9.11. The molecular weight excluding hydrogens is 419 g/mol. The first kappa shape index (κ1) is 15.4. The van der Waals surface area contributed by atoms with Crippen molar-refractivity contribution in [1.29, 1.82) is 0 Å². The highest BCUT2D eigenvalue weighted by Crippen LogP contribution is 2.40. The first-order chi connectivity index (χ1) is 10.1. The Hall–Kier alpha value is -0.530. The minimum absolute atomic E-state index is 0.156. The quantitative estimate of drug-likeness (QED) is 0.489. The average Bonchev–Trinajstić information content (AvgIpc) is 2.49. The maximum absolute atomic E-state index is 6.26. The van der Waals surface area contributed by atoms with Crippen molar-refractivity contribution < 1.29 is 4.74 Å². The number of nitrogens with zero attached hydrogens (tertiary/aromatic N) is 2. The summed E-state index contributed by atoms with van der Waals surface area (Å²) < 4.78 is 6.97. The second-order valence-electron chi connectivity index (χ2n) is 5.09. The number of aromatic nitrogens is 2. The summed E-state index contributed by atoms with van der Waals surface area (Å²) in [5.74, 6) is 2.67. The molecular formula is C15H14ClIN2OS. The molecule has 110 valence electrons. The Labute approximate surface area is 147 Å². The van der Waals surface area contributed by atoms with Gasteiger partial charge in [0, 0.05) is 10.6 Å². The van der Waals surface area contributed by atoms with Gasteiger partial charge in [-0.3, -0.25) is 0 Å². The van der Waals surface area contributed by atoms with Crippen LogP contribution in [-0.2, 0) is 0 Å². The van der Waals surface area contributed by atoms with Crippen molar-refractivity contribution in [2.24, 2.45) is 0 Å². The molecule has 0 saturated heterocycles. The fourth-order valence-corrected chi connectivity index (χ4v) is 4.15. The summed E-state index contributed by atoms with van der Waals surface area (Å²) in [6, 6.07) is 8.04. The molecule has 3 nitrogen and oxygen atoms in total. The number of thioether (sulfide) groups is 1. The predicted molar refractivity (Wildman–Crippen MR) is 94.4 cm³/mol. The van der Waals surface area contributed by atoms with E-state index < -0.39 is 0 Å². The van der Waals surface area contributed by atoms with Crippen molar-refractivity contribution in [2.75, 3.05) is 5.75 Å². The molecule has 0 spiro atoms. The zero-order chi connectivity index (χ0) is 15.0. The van der Waals surface area contributed by atoms with E-state index in [0.29, 0.717) is 16.9 Å². The Morgan fingerprint density at radius 3 is 2.86 bits per heavy atom. The van der Waals surface area contributed by atoms with Gasteiger partial charge in [0.05, 0.1) is 9.26 Å². The molecule has 0 saturated carbocycles. The molecule has 21 heavy (non-hydrogen) atoms. The van der Waals surface area contributed by atoms with Crippen LogP contribution in [-0.4, -0.2) is 15.7 Å². The second kappa shape index (κ2) is 6.30. The maximum Gasteiger partial charge on any atom is 0.172 e. The van der Waals surface area contributed by atoms with E-state index in [1.54, 1.807) is 11.8 Å². The Morgan fingerprint density at radius 2 is 2.10 bits per heavy atom. The van der Waals surface area contributed by atoms with Gasteiger partial charge in [-0.2, -0.15) is 0 Å². The number of ether oxygens (including phenoxy) is 1. The average molecular weight is 433 g/mol. The number of para-hydroxylation sites is 1. The lowest BCUT2D eigenvalue weighted by Crippen LogP contribution is -2.19. The molecule has 1 atom stereocenters. The van der Waals surface area contributed by atoms with Crippen LogP contribution in [0.5, 0.6) is 5.75 Å². The minimum Gasteiger partial charge on any atom is -0.480 e. The fraction of sp³-hybridized carbons (Fsp3) is 0.333. The Balaban J connectivity index is 1.95. The van der Waals surface area contributed by atoms with Crippen LogP contribution in [0.2, 0.25) is 5.15 Å². The zero-order valence-electron chi connectivity index (χ0n) is 11.6. The van der Waals surface area contributed by atoms with Crippen molar-refractivity contribution in [3.05, 3.63) is 44.5 Å². The van der Waals surface area contributed by atoms with Crippen LogP contribution in [0.25, 0.3) is 0 Å². The van der Waals surface area contributed by atoms with Gasteiger partial charge >= 0.3 is 0 Å². The van der Waals surface area contributed by atoms with E-state index in [2.05, 4.69) is 52.5 Å². The van der Waals surface area contributed by atoms with Gasteiger partial charge in [-0.25, -0.2) is 9.97 Å². The molecule has 1 aromatic heterocycles. The lowest BCUT2D eigenvalue weighted by molar-refractivity contribution is 0.210. The molecule has 0 amide bonds. The summed E-state index contributed by atoms with van der Waals surface area (Å²) in [5, 5.41) is 0.511. The summed E-state index contributed by atoms with van der Waals surface area (Å²) in [6.07, 6.45) is -0.156. The Morgan fingerprint density at radius 1 is 1.33 bits per heavy atom. The lowest BCUT2D eigenvalue weighted by Gasteiger charge is -2.25. The largest absolute Gasteiger partial charge is 0.480 e. The van der Waals surface area contributed by atoms with Crippen LogP contribution in [0.3, 0.4) is 0 Å². The molecule has 6 heteroatoms. The molecule has 0 aliphatic carbocycles. The molecule has 3 rings (SSSR count). The van der Waals surface area contributed by atoms with Crippen molar-refractivity contribution in [2.45, 2.75) is 30.8 Å². The molecule has 2 aromatic rings. The normalized spacial score (nSPS) is 17.5. The van der Waals surface area contributed by atoms with Gasteiger partial charge in [0.15, 0.2) is 11.9 Å². The van der Waals surface area contributed by atoms with E-state index in [9.17, 15) is 0 Å². The van der Waals surface area contributed by atoms with Crippen molar-refractivity contribution in [3.8, 4) is 5.75 Å². The third kappa shape index (κ3) is 3.14. The lowest BCUT2D eigenvalue weighted by atomic mass is 10.1. The van der Waals surface area contributed by atoms with Crippen LogP contribution in [0.1, 0.15) is 37.4 Å². The fourth-order valence-electron chi connectivity index (χ4n) is 2.13. The molecule has 0 fully saturated rings. The van der Waals surface area contributed by atoms with E-state index in [4.69, 9.17) is 16.3 Å². The van der Waals surface area contributed by atoms with E-state index in [1.807, 2.05) is 18.2 Å². The molecule has 0 N–H and O–H groups in total. The number of hydrogen-bond donors (Lipinski definition) is 0. The summed E-state index contributed by atoms with van der Waals surface area (Å²) in [6.45, 7) is 4.22. The molecule has 1 unspecified atom stereocenters. The van der Waals surface area contributed by atoms with Gasteiger partial charge < -0.3 is 4.74 Å². The molecule has 0 radical (unpaired) electrons. The highest BCUT2D eigenvalue weighted by molar-refractivity contribution is 14.1. The highest BCUT2D eigenvalue weighted by Gasteiger charge is 2.26. The van der Waals surface area contributed by atoms with Gasteiger partial charge in [-0.15, -0.1) is 11.8 Å². The number of benzene rings is 1. The highest BCUT2D eigenvalue weighted by atomic mass is 127. The monoisotopic (exact) mass is 432 g/mol. The molecule has 1 aliphatic rings. The van der Waals surface area contributed by atoms with Crippen LogP contribution >= 0.6 is 46.0 Å². The molecule has 1 aromatic carbocycles. The zero-order valence-corrected chi connectivity index (χ0v) is 15.4. The summed E-state index contributed by atoms with van der Waals surface area (Å²) >= 11 is 10.2. The summed E-state index contributed by atoms with van der Waals surface area (Å²) in [4.78, 5) is 10.3. The van der Waals surface area contributed by atoms with Crippen LogP contribution in [0.15, 0.2) is 29.2 Å². The smallest absolute Gasteiger partial charge is 0.172 e. The van der Waals surface area contributed by atoms with Gasteiger partial charge in [0.1, 0.15) is 10.9 Å². The topological polar surface area (TPSA) is 35.0 Å². The van der Waals surface area contributed by atoms with Gasteiger partial charge in [-0.05, 0) is 40.6 Å². The van der Waals surface area contributed by atoms with E-state index in [1.165, 1.54) is 0 Å². The van der Waals surface area contributed by atoms with E-state index in [-0.39, 0.29) is 6.10 Å². The number of rotatable bonds is 2. The minimum atomic E-state index is -0.156. The van der Waals surface area contributed by atoms with Gasteiger partial charge in [-0.1, -0.05) is 37.6 Å². The number of halogens is 2. The Kier molecular flexibility index (Phi) is 4.61. The Bertz CT molecular complexity index is 681. The van der Waals surface area contributed by atoms with Crippen LogP contribution in [0, 0.1) is 3.57 Å². The molecule has 1 aliphatic heterocycles. The standard InChI is InChI=1S/C15H14ClIN2OS/c1-8(2)13-12(17)14(16)19-15(18-13)10-7-21-11-6-4-3-5-9(11)20-10/h3-6,8,10H,7H2,1-2H3. The summed E-state index contributed by atoms with van der Waals surface area (Å²) in [5.41, 5.74) is 0.984. The molecule has 0 bridgehead atoms. The van der Waals surface area contributed by atoms with Crippen LogP contribution in [0.4, 0.5) is 0 Å². The third-order valence-corrected chi connectivity index (χ3v) is 5.97. The van der Waals surface area contributed by atoms with Gasteiger partial charge in [0.2, 0.25) is 0 Å². The predicted octanol–water partition coefficient (Wildman–Crippen LogP) is 5.08. The second-order valence-corrected chi connectivity index (χ2v) is 7.59. The van der Waals surface area contributed by atoms with E-state index in [0.717, 1.165) is 25.7 Å². The van der Waals surface area contributed by atoms with Gasteiger partial charge in [0.25, 0.3) is 0 Å².